The van der Waals surface area contributed by atoms with E-state index in [4.69, 9.17) is 0 Å². The Labute approximate surface area is 74.2 Å². The maximum Gasteiger partial charge on any atom is 0.262 e. The van der Waals surface area contributed by atoms with Gasteiger partial charge in [-0.1, -0.05) is 0 Å². The van der Waals surface area contributed by atoms with Crippen LogP contribution < -0.4 is 4.72 Å². The zero-order chi connectivity index (χ0) is 9.24. The molecule has 0 aromatic carbocycles. The molecule has 1 N–H and O–H groups in total. The summed E-state index contributed by atoms with van der Waals surface area (Å²) in [5.41, 5.74) is 0. The summed E-state index contributed by atoms with van der Waals surface area (Å²) in [6.45, 7) is 4.45. The van der Waals surface area contributed by atoms with Gasteiger partial charge < -0.3 is 4.48 Å². The molecule has 1 heterocycles. The standard InChI is InChI=1S/C7H17N2O2S/c1-3-9(2)6-4-5-8-12(10,11)7-9/h8H,3-7H2,1-2H3/q+1. The molecular weight excluding hydrogens is 176 g/mol. The first-order chi connectivity index (χ1) is 5.47. The Balaban J connectivity index is 2.80. The Morgan fingerprint density at radius 3 is 2.75 bits per heavy atom. The number of hydrogen-bond donors (Lipinski definition) is 1. The monoisotopic (exact) mass is 193 g/mol. The predicted octanol–water partition coefficient (Wildman–Crippen LogP) is -0.266. The second-order valence-corrected chi connectivity index (χ2v) is 5.43. The SMILES string of the molecule is CC[N+]1(C)CCCNS(=O)(=O)C1. The summed E-state index contributed by atoms with van der Waals surface area (Å²) in [6.07, 6.45) is 0.934. The maximum atomic E-state index is 11.3. The van der Waals surface area contributed by atoms with Crippen molar-refractivity contribution in [2.75, 3.05) is 32.6 Å². The molecule has 0 aliphatic carbocycles. The quantitative estimate of drug-likeness (QED) is 0.583. The summed E-state index contributed by atoms with van der Waals surface area (Å²) in [6, 6.07) is 0. The molecule has 0 bridgehead atoms. The van der Waals surface area contributed by atoms with Gasteiger partial charge in [0, 0.05) is 13.0 Å². The first-order valence-corrected chi connectivity index (χ1v) is 5.93. The fourth-order valence-electron chi connectivity index (χ4n) is 1.46. The minimum atomic E-state index is -3.02. The topological polar surface area (TPSA) is 46.2 Å². The molecule has 0 amide bonds. The van der Waals surface area contributed by atoms with Crippen molar-refractivity contribution in [3.05, 3.63) is 0 Å². The van der Waals surface area contributed by atoms with Crippen LogP contribution in [0, 0.1) is 0 Å². The van der Waals surface area contributed by atoms with Gasteiger partial charge in [-0.25, -0.2) is 13.1 Å². The minimum Gasteiger partial charge on any atom is -0.313 e. The molecule has 12 heavy (non-hydrogen) atoms. The van der Waals surface area contributed by atoms with Crippen LogP contribution in [-0.4, -0.2) is 45.5 Å². The zero-order valence-corrected chi connectivity index (χ0v) is 8.52. The van der Waals surface area contributed by atoms with Crippen LogP contribution in [0.5, 0.6) is 0 Å². The lowest BCUT2D eigenvalue weighted by atomic mass is 10.3. The van der Waals surface area contributed by atoms with Gasteiger partial charge in [0.05, 0.1) is 20.1 Å². The van der Waals surface area contributed by atoms with E-state index in [0.717, 1.165) is 19.5 Å². The van der Waals surface area contributed by atoms with Gasteiger partial charge in [-0.2, -0.15) is 0 Å². The highest BCUT2D eigenvalue weighted by molar-refractivity contribution is 7.89. The van der Waals surface area contributed by atoms with Gasteiger partial charge in [-0.05, 0) is 6.92 Å². The third-order valence-corrected chi connectivity index (χ3v) is 4.05. The second kappa shape index (κ2) is 3.32. The number of nitrogens with zero attached hydrogens (tertiary/aromatic N) is 1. The summed E-state index contributed by atoms with van der Waals surface area (Å²) in [5, 5.41) is 0. The molecule has 4 nitrogen and oxygen atoms in total. The molecule has 72 valence electrons. The molecule has 1 atom stereocenters. The second-order valence-electron chi connectivity index (χ2n) is 3.65. The summed E-state index contributed by atoms with van der Waals surface area (Å²) in [4.78, 5) is 0. The van der Waals surface area contributed by atoms with Crippen molar-refractivity contribution in [1.29, 1.82) is 0 Å². The lowest BCUT2D eigenvalue weighted by Crippen LogP contribution is -2.47. The Bertz CT molecular complexity index is 250. The molecular formula is C7H17N2O2S+. The van der Waals surface area contributed by atoms with Crippen LogP contribution in [0.2, 0.25) is 0 Å². The Kier molecular flexibility index (Phi) is 2.75. The summed E-state index contributed by atoms with van der Waals surface area (Å²) >= 11 is 0. The van der Waals surface area contributed by atoms with Gasteiger partial charge in [0.15, 0.2) is 5.88 Å². The Hall–Kier alpha value is -0.130. The lowest BCUT2D eigenvalue weighted by molar-refractivity contribution is -0.895. The van der Waals surface area contributed by atoms with Crippen molar-refractivity contribution < 1.29 is 12.9 Å². The normalized spacial score (nSPS) is 35.8. The fourth-order valence-corrected chi connectivity index (χ4v) is 3.14. The van der Waals surface area contributed by atoms with E-state index in [0.29, 0.717) is 11.0 Å². The van der Waals surface area contributed by atoms with Crippen molar-refractivity contribution >= 4 is 10.0 Å². The van der Waals surface area contributed by atoms with E-state index in [1.807, 2.05) is 14.0 Å². The zero-order valence-electron chi connectivity index (χ0n) is 7.71. The molecule has 0 aromatic rings. The van der Waals surface area contributed by atoms with Crippen molar-refractivity contribution in [2.45, 2.75) is 13.3 Å². The average Bonchev–Trinajstić information content (AvgIpc) is 2.09. The third-order valence-electron chi connectivity index (χ3n) is 2.44. The van der Waals surface area contributed by atoms with Crippen LogP contribution in [0.25, 0.3) is 0 Å². The summed E-state index contributed by atoms with van der Waals surface area (Å²) < 4.78 is 25.8. The van der Waals surface area contributed by atoms with Gasteiger partial charge in [-0.3, -0.25) is 0 Å². The van der Waals surface area contributed by atoms with Crippen LogP contribution in [-0.2, 0) is 10.0 Å². The van der Waals surface area contributed by atoms with Gasteiger partial charge in [0.25, 0.3) is 10.0 Å². The van der Waals surface area contributed by atoms with Crippen molar-refractivity contribution in [3.8, 4) is 0 Å². The van der Waals surface area contributed by atoms with E-state index in [2.05, 4.69) is 4.72 Å². The highest BCUT2D eigenvalue weighted by atomic mass is 32.2. The van der Waals surface area contributed by atoms with Gasteiger partial charge >= 0.3 is 0 Å². The Morgan fingerprint density at radius 1 is 1.50 bits per heavy atom. The van der Waals surface area contributed by atoms with Crippen LogP contribution in [0.3, 0.4) is 0 Å². The van der Waals surface area contributed by atoms with Crippen molar-refractivity contribution in [1.82, 2.24) is 4.72 Å². The Morgan fingerprint density at radius 2 is 2.17 bits per heavy atom. The van der Waals surface area contributed by atoms with E-state index in [1.165, 1.54) is 0 Å². The smallest absolute Gasteiger partial charge is 0.262 e. The molecule has 1 aliphatic heterocycles. The van der Waals surface area contributed by atoms with Crippen molar-refractivity contribution in [2.24, 2.45) is 0 Å². The molecule has 1 unspecified atom stereocenters. The summed E-state index contributed by atoms with van der Waals surface area (Å²) in [5.74, 6) is 0.226. The lowest BCUT2D eigenvalue weighted by Gasteiger charge is -2.30. The highest BCUT2D eigenvalue weighted by Gasteiger charge is 2.29. The molecule has 1 fully saturated rings. The van der Waals surface area contributed by atoms with E-state index in [9.17, 15) is 8.42 Å². The van der Waals surface area contributed by atoms with Crippen LogP contribution in [0.4, 0.5) is 0 Å². The van der Waals surface area contributed by atoms with Gasteiger partial charge in [0.1, 0.15) is 0 Å². The average molecular weight is 193 g/mol. The largest absolute Gasteiger partial charge is 0.313 e. The molecule has 0 radical (unpaired) electrons. The molecule has 0 spiro atoms. The minimum absolute atomic E-state index is 0.226. The van der Waals surface area contributed by atoms with Gasteiger partial charge in [0.2, 0.25) is 0 Å². The first kappa shape index (κ1) is 9.95. The van der Waals surface area contributed by atoms with E-state index in [-0.39, 0.29) is 5.88 Å². The van der Waals surface area contributed by atoms with E-state index < -0.39 is 10.0 Å². The molecule has 1 saturated heterocycles. The fraction of sp³-hybridized carbons (Fsp3) is 1.00. The number of rotatable bonds is 1. The van der Waals surface area contributed by atoms with E-state index in [1.54, 1.807) is 0 Å². The molecule has 0 saturated carbocycles. The maximum absolute atomic E-state index is 11.3. The molecule has 0 aromatic heterocycles. The molecule has 1 rings (SSSR count). The first-order valence-electron chi connectivity index (χ1n) is 4.28. The van der Waals surface area contributed by atoms with E-state index >= 15 is 0 Å². The van der Waals surface area contributed by atoms with Crippen LogP contribution >= 0.6 is 0 Å². The number of sulfonamides is 1. The molecule has 1 aliphatic rings. The molecule has 5 heteroatoms. The number of hydrogen-bond acceptors (Lipinski definition) is 2. The summed E-state index contributed by atoms with van der Waals surface area (Å²) in [7, 11) is -1.03. The van der Waals surface area contributed by atoms with Crippen molar-refractivity contribution in [3.63, 3.8) is 0 Å². The van der Waals surface area contributed by atoms with Gasteiger partial charge in [-0.15, -0.1) is 0 Å². The highest BCUT2D eigenvalue weighted by Crippen LogP contribution is 2.09. The van der Waals surface area contributed by atoms with Crippen LogP contribution in [0.1, 0.15) is 13.3 Å². The van der Waals surface area contributed by atoms with Crippen LogP contribution in [0.15, 0.2) is 0 Å². The predicted molar refractivity (Wildman–Crippen MR) is 48.0 cm³/mol. The number of nitrogens with one attached hydrogen (secondary N) is 1. The third kappa shape index (κ3) is 2.43. The number of quaternary nitrogens is 1.